The molecule has 0 saturated carbocycles. The summed E-state index contributed by atoms with van der Waals surface area (Å²) >= 11 is 0. The Balaban J connectivity index is 2.63. The van der Waals surface area contributed by atoms with Crippen molar-refractivity contribution in [3.63, 3.8) is 0 Å². The average Bonchev–Trinajstić information content (AvgIpc) is 2.35. The van der Waals surface area contributed by atoms with E-state index in [0.717, 1.165) is 0 Å². The van der Waals surface area contributed by atoms with Crippen molar-refractivity contribution < 1.29 is 18.0 Å². The Labute approximate surface area is 113 Å². The van der Waals surface area contributed by atoms with Crippen molar-refractivity contribution in [2.24, 2.45) is 5.90 Å². The number of hydrogen-bond donors (Lipinski definition) is 2. The molecule has 3 N–H and O–H groups in total. The van der Waals surface area contributed by atoms with Gasteiger partial charge in [0.1, 0.15) is 5.75 Å². The van der Waals surface area contributed by atoms with Gasteiger partial charge in [-0.15, -0.1) is 0 Å². The summed E-state index contributed by atoms with van der Waals surface area (Å²) in [5, 5.41) is 0. The summed E-state index contributed by atoms with van der Waals surface area (Å²) in [5.74, 6) is 5.50. The van der Waals surface area contributed by atoms with Crippen LogP contribution in [0.25, 0.3) is 0 Å². The van der Waals surface area contributed by atoms with Crippen LogP contribution in [0.2, 0.25) is 0 Å². The van der Waals surface area contributed by atoms with E-state index >= 15 is 0 Å². The van der Waals surface area contributed by atoms with Gasteiger partial charge in [-0.25, -0.2) is 19.0 Å². The summed E-state index contributed by atoms with van der Waals surface area (Å²) in [4.78, 5) is 4.57. The van der Waals surface area contributed by atoms with Gasteiger partial charge in [-0.1, -0.05) is 0 Å². The normalized spacial score (nSPS) is 11.8. The molecule has 0 fully saturated rings. The first kappa shape index (κ1) is 15.9. The number of benzene rings is 1. The molecule has 0 aliphatic carbocycles. The molecule has 0 unspecified atom stereocenters. The van der Waals surface area contributed by atoms with Crippen molar-refractivity contribution >= 4 is 10.0 Å². The van der Waals surface area contributed by atoms with Gasteiger partial charge in [0.25, 0.3) is 0 Å². The molecule has 6 nitrogen and oxygen atoms in total. The van der Waals surface area contributed by atoms with Gasteiger partial charge in [0.15, 0.2) is 0 Å². The lowest BCUT2D eigenvalue weighted by atomic mass is 10.3. The summed E-state index contributed by atoms with van der Waals surface area (Å²) < 4.78 is 31.7. The van der Waals surface area contributed by atoms with E-state index in [9.17, 15) is 8.42 Å². The summed E-state index contributed by atoms with van der Waals surface area (Å²) in [7, 11) is -3.49. The second kappa shape index (κ2) is 7.44. The lowest BCUT2D eigenvalue weighted by Crippen LogP contribution is -2.25. The monoisotopic (exact) mass is 288 g/mol. The quantitative estimate of drug-likeness (QED) is 0.551. The minimum Gasteiger partial charge on any atom is -0.491 e. The van der Waals surface area contributed by atoms with Crippen LogP contribution < -0.4 is 15.4 Å². The molecule has 1 aromatic carbocycles. The van der Waals surface area contributed by atoms with E-state index in [4.69, 9.17) is 10.6 Å². The highest BCUT2D eigenvalue weighted by Gasteiger charge is 2.13. The maximum Gasteiger partial charge on any atom is 0.240 e. The van der Waals surface area contributed by atoms with Gasteiger partial charge in [0, 0.05) is 6.54 Å². The van der Waals surface area contributed by atoms with Crippen LogP contribution in [-0.4, -0.2) is 27.7 Å². The maximum atomic E-state index is 11.9. The fraction of sp³-hybridized carbons (Fsp3) is 0.500. The smallest absolute Gasteiger partial charge is 0.240 e. The molecule has 0 aromatic heterocycles. The number of ether oxygens (including phenoxy) is 1. The molecule has 0 amide bonds. The van der Waals surface area contributed by atoms with Gasteiger partial charge in [-0.2, -0.15) is 0 Å². The predicted octanol–water partition coefficient (Wildman–Crippen LogP) is 1.03. The Morgan fingerprint density at radius 3 is 2.42 bits per heavy atom. The van der Waals surface area contributed by atoms with Gasteiger partial charge in [-0.3, -0.25) is 0 Å². The van der Waals surface area contributed by atoms with Gasteiger partial charge in [-0.05, 0) is 44.5 Å². The number of sulfonamides is 1. The Bertz CT molecular complexity index is 471. The predicted molar refractivity (Wildman–Crippen MR) is 72.2 cm³/mol. The van der Waals surface area contributed by atoms with E-state index in [-0.39, 0.29) is 17.5 Å². The fourth-order valence-corrected chi connectivity index (χ4v) is 2.49. The summed E-state index contributed by atoms with van der Waals surface area (Å²) in [6, 6.07) is 6.30. The Kier molecular flexibility index (Phi) is 6.23. The van der Waals surface area contributed by atoms with Crippen LogP contribution in [0, 0.1) is 0 Å². The van der Waals surface area contributed by atoms with Crippen molar-refractivity contribution in [3.05, 3.63) is 24.3 Å². The average molecular weight is 288 g/mol. The molecular formula is C12H20N2O4S. The third kappa shape index (κ3) is 5.56. The summed E-state index contributed by atoms with van der Waals surface area (Å²) in [5.41, 5.74) is 0. The number of nitrogens with two attached hydrogens (primary N) is 1. The van der Waals surface area contributed by atoms with Crippen molar-refractivity contribution in [2.45, 2.75) is 31.3 Å². The Morgan fingerprint density at radius 1 is 1.26 bits per heavy atom. The molecule has 108 valence electrons. The van der Waals surface area contributed by atoms with Crippen LogP contribution in [0.5, 0.6) is 5.75 Å². The van der Waals surface area contributed by atoms with Crippen molar-refractivity contribution in [2.75, 3.05) is 13.2 Å². The van der Waals surface area contributed by atoms with E-state index in [1.165, 1.54) is 12.1 Å². The lowest BCUT2D eigenvalue weighted by molar-refractivity contribution is 0.136. The molecule has 19 heavy (non-hydrogen) atoms. The summed E-state index contributed by atoms with van der Waals surface area (Å²) in [6.45, 7) is 4.41. The van der Waals surface area contributed by atoms with Crippen molar-refractivity contribution in [1.29, 1.82) is 0 Å². The van der Waals surface area contributed by atoms with Gasteiger partial charge < -0.3 is 9.57 Å². The highest BCUT2D eigenvalue weighted by molar-refractivity contribution is 7.89. The van der Waals surface area contributed by atoms with E-state index in [1.54, 1.807) is 12.1 Å². The molecule has 0 saturated heterocycles. The SMILES string of the molecule is CC(C)Oc1ccc(S(=O)(=O)NCCCON)cc1. The number of nitrogens with one attached hydrogen (secondary N) is 1. The van der Waals surface area contributed by atoms with Crippen LogP contribution >= 0.6 is 0 Å². The van der Waals surface area contributed by atoms with Crippen LogP contribution in [0.4, 0.5) is 0 Å². The molecule has 1 aromatic rings. The van der Waals surface area contributed by atoms with Gasteiger partial charge >= 0.3 is 0 Å². The molecule has 1 rings (SSSR count). The molecule has 0 heterocycles. The Hall–Kier alpha value is -1.15. The number of rotatable bonds is 8. The molecule has 0 bridgehead atoms. The van der Waals surface area contributed by atoms with Crippen LogP contribution in [0.1, 0.15) is 20.3 Å². The van der Waals surface area contributed by atoms with E-state index in [1.807, 2.05) is 13.8 Å². The van der Waals surface area contributed by atoms with Crippen molar-refractivity contribution in [3.8, 4) is 5.75 Å². The molecular weight excluding hydrogens is 268 g/mol. The largest absolute Gasteiger partial charge is 0.491 e. The minimum atomic E-state index is -3.49. The van der Waals surface area contributed by atoms with Crippen LogP contribution in [0.3, 0.4) is 0 Å². The first-order chi connectivity index (χ1) is 8.95. The topological polar surface area (TPSA) is 90.7 Å². The third-order valence-electron chi connectivity index (χ3n) is 2.24. The van der Waals surface area contributed by atoms with Crippen LogP contribution in [0.15, 0.2) is 29.2 Å². The molecule has 0 atom stereocenters. The highest BCUT2D eigenvalue weighted by atomic mass is 32.2. The van der Waals surface area contributed by atoms with Crippen LogP contribution in [-0.2, 0) is 14.9 Å². The first-order valence-corrected chi connectivity index (χ1v) is 7.52. The lowest BCUT2D eigenvalue weighted by Gasteiger charge is -2.10. The zero-order chi connectivity index (χ0) is 14.3. The van der Waals surface area contributed by atoms with E-state index in [0.29, 0.717) is 18.8 Å². The first-order valence-electron chi connectivity index (χ1n) is 6.04. The molecule has 0 spiro atoms. The fourth-order valence-electron chi connectivity index (χ4n) is 1.41. The molecule has 0 radical (unpaired) electrons. The van der Waals surface area contributed by atoms with E-state index < -0.39 is 10.0 Å². The summed E-state index contributed by atoms with van der Waals surface area (Å²) in [6.07, 6.45) is 0.571. The van der Waals surface area contributed by atoms with E-state index in [2.05, 4.69) is 9.56 Å². The zero-order valence-corrected chi connectivity index (χ0v) is 11.9. The molecule has 0 aliphatic heterocycles. The number of hydrogen-bond acceptors (Lipinski definition) is 5. The third-order valence-corrected chi connectivity index (χ3v) is 3.71. The van der Waals surface area contributed by atoms with Gasteiger partial charge in [0.05, 0.1) is 17.6 Å². The zero-order valence-electron chi connectivity index (χ0n) is 11.1. The van der Waals surface area contributed by atoms with Crippen molar-refractivity contribution in [1.82, 2.24) is 4.72 Å². The maximum absolute atomic E-state index is 11.9. The second-order valence-electron chi connectivity index (χ2n) is 4.26. The van der Waals surface area contributed by atoms with Gasteiger partial charge in [0.2, 0.25) is 10.0 Å². The molecule has 7 heteroatoms. The molecule has 0 aliphatic rings. The minimum absolute atomic E-state index is 0.0526. The standard InChI is InChI=1S/C12H20N2O4S/c1-10(2)18-11-4-6-12(7-5-11)19(15,16)14-8-3-9-17-13/h4-7,10,14H,3,8-9,13H2,1-2H3. The Morgan fingerprint density at radius 2 is 1.89 bits per heavy atom. The second-order valence-corrected chi connectivity index (χ2v) is 6.03. The highest BCUT2D eigenvalue weighted by Crippen LogP contribution is 2.16.